The zero-order valence-corrected chi connectivity index (χ0v) is 23.7. The number of hydrogen-bond acceptors (Lipinski definition) is 12. The Kier molecular flexibility index (Phi) is 8.64. The van der Waals surface area contributed by atoms with Crippen LogP contribution in [0.15, 0.2) is 34.0 Å². The monoisotopic (exact) mass is 577 g/mol. The Morgan fingerprint density at radius 1 is 1.28 bits per heavy atom. The highest BCUT2D eigenvalue weighted by atomic mass is 32.2. The Morgan fingerprint density at radius 2 is 2.03 bits per heavy atom. The molecule has 39 heavy (non-hydrogen) atoms. The third-order valence-electron chi connectivity index (χ3n) is 5.98. The Hall–Kier alpha value is -3.39. The molecular weight excluding hydrogens is 546 g/mol. The van der Waals surface area contributed by atoms with Gasteiger partial charge in [0.15, 0.2) is 10.8 Å². The van der Waals surface area contributed by atoms with E-state index in [0.29, 0.717) is 23.9 Å². The summed E-state index contributed by atoms with van der Waals surface area (Å²) in [6, 6.07) is -0.916. The lowest BCUT2D eigenvalue weighted by atomic mass is 9.98. The molecule has 2 aliphatic heterocycles. The molecule has 12 nitrogen and oxygen atoms in total. The standard InChI is InChI=1S/C25H31N5O7S2/c1-5-6-14-10-38-21-17(20(32)30(21)18(14)22(33)35-12-36-23(34)25(2,3)4)28-19(31)16(15-11-39-24(26)27-15)29-37-9-13-7-8-13/h5-6,11,13,17,21H,7-10,12H2,1-4H3,(H2,26,27)(H,28,31)/b6-5-,29-16-/t17-,21-/m1/s1. The lowest BCUT2D eigenvalue weighted by Gasteiger charge is -2.49. The highest BCUT2D eigenvalue weighted by Gasteiger charge is 2.54. The van der Waals surface area contributed by atoms with Crippen molar-refractivity contribution in [1.29, 1.82) is 0 Å². The fourth-order valence-corrected chi connectivity index (χ4v) is 5.55. The minimum absolute atomic E-state index is 0.0492. The second kappa shape index (κ2) is 11.8. The summed E-state index contributed by atoms with van der Waals surface area (Å²) in [7, 11) is 0. The van der Waals surface area contributed by atoms with Crippen LogP contribution in [0.5, 0.6) is 0 Å². The molecule has 1 aromatic rings. The van der Waals surface area contributed by atoms with Crippen LogP contribution < -0.4 is 11.1 Å². The molecule has 0 spiro atoms. The van der Waals surface area contributed by atoms with Gasteiger partial charge < -0.3 is 25.4 Å². The minimum atomic E-state index is -0.916. The Balaban J connectivity index is 1.46. The van der Waals surface area contributed by atoms with Crippen molar-refractivity contribution in [1.82, 2.24) is 15.2 Å². The van der Waals surface area contributed by atoms with E-state index in [1.165, 1.54) is 16.7 Å². The van der Waals surface area contributed by atoms with Crippen molar-refractivity contribution >= 4 is 57.7 Å². The fourth-order valence-electron chi connectivity index (χ4n) is 3.68. The maximum atomic E-state index is 13.2. The second-order valence-electron chi connectivity index (χ2n) is 10.2. The first-order valence-electron chi connectivity index (χ1n) is 12.4. The number of fused-ring (bicyclic) bond motifs is 1. The second-order valence-corrected chi connectivity index (χ2v) is 12.2. The first-order chi connectivity index (χ1) is 18.5. The molecule has 4 rings (SSSR count). The SMILES string of the molecule is C/C=C\C1=C(C(=O)OCOC(=O)C(C)(C)C)N2C(=O)[C@@H](NC(=O)/C(=N\OCC3CC3)c3csc(N)n3)[C@H]2SC1. The molecule has 0 unspecified atom stereocenters. The lowest BCUT2D eigenvalue weighted by molar-refractivity contribution is -0.173. The number of amides is 2. The number of oxime groups is 1. The number of ether oxygens (including phenoxy) is 2. The predicted molar refractivity (Wildman–Crippen MR) is 145 cm³/mol. The molecule has 1 aliphatic carbocycles. The van der Waals surface area contributed by atoms with Crippen LogP contribution in [0.1, 0.15) is 46.2 Å². The maximum Gasteiger partial charge on any atom is 0.358 e. The van der Waals surface area contributed by atoms with E-state index in [0.717, 1.165) is 24.2 Å². The summed E-state index contributed by atoms with van der Waals surface area (Å²) in [5, 5.41) is 8.01. The quantitative estimate of drug-likeness (QED) is 0.139. The van der Waals surface area contributed by atoms with Gasteiger partial charge in [0.05, 0.1) is 5.41 Å². The fraction of sp³-hybridized carbons (Fsp3) is 0.520. The number of nitrogens with two attached hydrogens (primary N) is 1. The van der Waals surface area contributed by atoms with Gasteiger partial charge in [0, 0.05) is 11.1 Å². The van der Waals surface area contributed by atoms with Crippen LogP contribution in [0.4, 0.5) is 5.13 Å². The number of nitrogen functional groups attached to an aromatic ring is 1. The summed E-state index contributed by atoms with van der Waals surface area (Å²) in [6.45, 7) is 6.63. The Morgan fingerprint density at radius 3 is 2.64 bits per heavy atom. The number of β-lactam (4-membered cyclic amide) rings is 1. The van der Waals surface area contributed by atoms with E-state index >= 15 is 0 Å². The van der Waals surface area contributed by atoms with Gasteiger partial charge >= 0.3 is 11.9 Å². The van der Waals surface area contributed by atoms with Crippen molar-refractivity contribution in [3.8, 4) is 0 Å². The number of allylic oxidation sites excluding steroid dienone is 2. The van der Waals surface area contributed by atoms with Crippen LogP contribution in [-0.4, -0.2) is 69.9 Å². The van der Waals surface area contributed by atoms with Crippen molar-refractivity contribution < 1.29 is 33.5 Å². The van der Waals surface area contributed by atoms with E-state index in [2.05, 4.69) is 15.5 Å². The Bertz CT molecular complexity index is 1250. The van der Waals surface area contributed by atoms with Crippen LogP contribution >= 0.6 is 23.1 Å². The van der Waals surface area contributed by atoms with E-state index in [4.69, 9.17) is 20.0 Å². The van der Waals surface area contributed by atoms with Crippen molar-refractivity contribution in [2.45, 2.75) is 52.0 Å². The molecule has 0 bridgehead atoms. The van der Waals surface area contributed by atoms with Crippen LogP contribution in [0.25, 0.3) is 0 Å². The summed E-state index contributed by atoms with van der Waals surface area (Å²) in [5.74, 6) is -1.65. The molecule has 0 radical (unpaired) electrons. The lowest BCUT2D eigenvalue weighted by Crippen LogP contribution is -2.71. The van der Waals surface area contributed by atoms with E-state index in [1.54, 1.807) is 45.2 Å². The van der Waals surface area contributed by atoms with Gasteiger partial charge in [-0.05, 0) is 52.0 Å². The summed E-state index contributed by atoms with van der Waals surface area (Å²) >= 11 is 2.55. The summed E-state index contributed by atoms with van der Waals surface area (Å²) < 4.78 is 10.2. The number of carbonyl (C=O) groups excluding carboxylic acids is 4. The number of esters is 2. The number of carbonyl (C=O) groups is 4. The number of hydrogen-bond donors (Lipinski definition) is 2. The predicted octanol–water partition coefficient (Wildman–Crippen LogP) is 2.18. The molecule has 1 aromatic heterocycles. The number of thioether (sulfide) groups is 1. The van der Waals surface area contributed by atoms with E-state index in [9.17, 15) is 19.2 Å². The average Bonchev–Trinajstić information content (AvgIpc) is 3.62. The molecule has 2 fully saturated rings. The minimum Gasteiger partial charge on any atom is -0.427 e. The average molecular weight is 578 g/mol. The van der Waals surface area contributed by atoms with Gasteiger partial charge in [-0.3, -0.25) is 19.3 Å². The normalized spacial score (nSPS) is 21.4. The van der Waals surface area contributed by atoms with Gasteiger partial charge in [0.25, 0.3) is 11.8 Å². The highest BCUT2D eigenvalue weighted by Crippen LogP contribution is 2.41. The summed E-state index contributed by atoms with van der Waals surface area (Å²) in [6.07, 6.45) is 5.57. The summed E-state index contributed by atoms with van der Waals surface area (Å²) in [4.78, 5) is 62.2. The van der Waals surface area contributed by atoms with E-state index in [1.807, 2.05) is 0 Å². The zero-order valence-electron chi connectivity index (χ0n) is 22.1. The number of nitrogens with one attached hydrogen (secondary N) is 1. The van der Waals surface area contributed by atoms with Crippen LogP contribution in [0.3, 0.4) is 0 Å². The van der Waals surface area contributed by atoms with Crippen molar-refractivity contribution in [3.05, 3.63) is 34.5 Å². The molecular formula is C25H31N5O7S2. The molecule has 1 saturated heterocycles. The van der Waals surface area contributed by atoms with Gasteiger partial charge in [0.1, 0.15) is 29.4 Å². The number of anilines is 1. The van der Waals surface area contributed by atoms with Crippen LogP contribution in [-0.2, 0) is 33.5 Å². The molecule has 2 atom stereocenters. The van der Waals surface area contributed by atoms with E-state index < -0.39 is 47.4 Å². The first kappa shape index (κ1) is 28.6. The smallest absolute Gasteiger partial charge is 0.358 e. The van der Waals surface area contributed by atoms with Crippen molar-refractivity contribution in [2.24, 2.45) is 16.5 Å². The Labute approximate surface area is 234 Å². The number of nitrogens with zero attached hydrogens (tertiary/aromatic N) is 3. The first-order valence-corrected chi connectivity index (χ1v) is 14.3. The molecule has 3 heterocycles. The number of aromatic nitrogens is 1. The zero-order chi connectivity index (χ0) is 28.3. The van der Waals surface area contributed by atoms with Gasteiger partial charge in [-0.15, -0.1) is 23.1 Å². The van der Waals surface area contributed by atoms with Gasteiger partial charge in [-0.2, -0.15) is 0 Å². The molecule has 14 heteroatoms. The van der Waals surface area contributed by atoms with Gasteiger partial charge in [0.2, 0.25) is 6.79 Å². The van der Waals surface area contributed by atoms with E-state index in [-0.39, 0.29) is 22.2 Å². The number of thiazole rings is 1. The van der Waals surface area contributed by atoms with Crippen LogP contribution in [0, 0.1) is 11.3 Å². The van der Waals surface area contributed by atoms with Crippen molar-refractivity contribution in [3.63, 3.8) is 0 Å². The van der Waals surface area contributed by atoms with Crippen LogP contribution in [0.2, 0.25) is 0 Å². The topological polar surface area (TPSA) is 163 Å². The molecule has 210 valence electrons. The number of rotatable bonds is 10. The molecule has 3 N–H and O–H groups in total. The molecule has 0 aromatic carbocycles. The van der Waals surface area contributed by atoms with Gasteiger partial charge in [-0.25, -0.2) is 9.78 Å². The van der Waals surface area contributed by atoms with Gasteiger partial charge in [-0.1, -0.05) is 17.3 Å². The van der Waals surface area contributed by atoms with Crippen molar-refractivity contribution in [2.75, 3.05) is 24.9 Å². The highest BCUT2D eigenvalue weighted by molar-refractivity contribution is 8.00. The maximum absolute atomic E-state index is 13.2. The third kappa shape index (κ3) is 6.61. The largest absolute Gasteiger partial charge is 0.427 e. The molecule has 2 amide bonds. The third-order valence-corrected chi connectivity index (χ3v) is 7.96. The summed E-state index contributed by atoms with van der Waals surface area (Å²) in [5.41, 5.74) is 5.77. The molecule has 1 saturated carbocycles. The molecule has 3 aliphatic rings.